The molecule has 0 fully saturated rings. The molecule has 0 radical (unpaired) electrons. The lowest BCUT2D eigenvalue weighted by molar-refractivity contribution is -0.167. The zero-order valence-electron chi connectivity index (χ0n) is 15.1. The van der Waals surface area contributed by atoms with E-state index in [1.54, 1.807) is 44.2 Å². The Kier molecular flexibility index (Phi) is 5.00. The maximum Gasteiger partial charge on any atom is 0.348 e. The van der Waals surface area contributed by atoms with E-state index in [0.29, 0.717) is 18.4 Å². The Morgan fingerprint density at radius 3 is 2.33 bits per heavy atom. The fraction of sp³-hybridized carbons (Fsp3) is 0.500. The van der Waals surface area contributed by atoms with Crippen molar-refractivity contribution in [3.8, 4) is 0 Å². The number of hydrogen-bond acceptors (Lipinski definition) is 4. The van der Waals surface area contributed by atoms with Gasteiger partial charge in [-0.25, -0.2) is 4.79 Å². The van der Waals surface area contributed by atoms with Crippen molar-refractivity contribution in [2.45, 2.75) is 59.2 Å². The first kappa shape index (κ1) is 18.4. The topological polar surface area (TPSA) is 63.6 Å². The minimum Gasteiger partial charge on any atom is -0.460 e. The van der Waals surface area contributed by atoms with E-state index in [4.69, 9.17) is 4.74 Å². The Morgan fingerprint density at radius 2 is 1.83 bits per heavy atom. The lowest BCUT2D eigenvalue weighted by Gasteiger charge is -2.35. The van der Waals surface area contributed by atoms with E-state index in [1.165, 1.54) is 0 Å². The van der Waals surface area contributed by atoms with Crippen LogP contribution in [0.2, 0.25) is 0 Å². The molecule has 0 bridgehead atoms. The van der Waals surface area contributed by atoms with Crippen LogP contribution in [0.1, 0.15) is 51.7 Å². The van der Waals surface area contributed by atoms with Crippen LogP contribution in [-0.4, -0.2) is 23.0 Å². The molecule has 4 nitrogen and oxygen atoms in total. The molecular weight excluding hydrogens is 304 g/mol. The van der Waals surface area contributed by atoms with Gasteiger partial charge >= 0.3 is 5.97 Å². The number of aryl methyl sites for hydroxylation is 1. The highest BCUT2D eigenvalue weighted by atomic mass is 16.6. The third-order valence-electron chi connectivity index (χ3n) is 4.30. The van der Waals surface area contributed by atoms with Crippen LogP contribution < -0.4 is 0 Å². The first-order valence-electron chi connectivity index (χ1n) is 8.31. The summed E-state index contributed by atoms with van der Waals surface area (Å²) in [6.45, 7) is 9.34. The Bertz CT molecular complexity index is 667. The summed E-state index contributed by atoms with van der Waals surface area (Å²) < 4.78 is 5.27. The van der Waals surface area contributed by atoms with Gasteiger partial charge in [0.2, 0.25) is 5.60 Å². The van der Waals surface area contributed by atoms with Gasteiger partial charge in [0.1, 0.15) is 0 Å². The molecule has 1 atom stereocenters. The summed E-state index contributed by atoms with van der Waals surface area (Å²) in [4.78, 5) is 25.4. The molecule has 0 aromatic heterocycles. The molecule has 0 amide bonds. The van der Waals surface area contributed by atoms with Crippen LogP contribution in [0.3, 0.4) is 0 Å². The summed E-state index contributed by atoms with van der Waals surface area (Å²) in [7, 11) is 0. The molecule has 1 aromatic rings. The van der Waals surface area contributed by atoms with Crippen molar-refractivity contribution in [2.75, 3.05) is 0 Å². The monoisotopic (exact) mass is 330 g/mol. The first-order chi connectivity index (χ1) is 11.1. The molecule has 130 valence electrons. The van der Waals surface area contributed by atoms with E-state index in [2.05, 4.69) is 0 Å². The van der Waals surface area contributed by atoms with Crippen LogP contribution in [0.4, 0.5) is 0 Å². The van der Waals surface area contributed by atoms with Gasteiger partial charge in [-0.2, -0.15) is 0 Å². The van der Waals surface area contributed by atoms with Gasteiger partial charge in [-0.05, 0) is 38.2 Å². The van der Waals surface area contributed by atoms with Gasteiger partial charge in [-0.3, -0.25) is 4.79 Å². The van der Waals surface area contributed by atoms with Crippen molar-refractivity contribution >= 4 is 11.8 Å². The predicted octanol–water partition coefficient (Wildman–Crippen LogP) is 3.45. The molecule has 4 heteroatoms. The maximum atomic E-state index is 12.7. The number of Topliss-reactive ketones (excluding diaryl/α,β-unsaturated/α-hetero) is 1. The number of benzene rings is 1. The van der Waals surface area contributed by atoms with Crippen LogP contribution in [0.15, 0.2) is 35.9 Å². The molecule has 0 saturated carbocycles. The molecular formula is C20H26O4. The largest absolute Gasteiger partial charge is 0.460 e. The molecule has 0 spiro atoms. The average molecular weight is 330 g/mol. The Morgan fingerprint density at radius 1 is 1.25 bits per heavy atom. The van der Waals surface area contributed by atoms with Gasteiger partial charge in [0.05, 0.1) is 6.10 Å². The van der Waals surface area contributed by atoms with E-state index in [-0.39, 0.29) is 22.9 Å². The SMILES string of the molecule is Cc1ccc(C(O)(C(=O)OC(C)C)C2=CCC(C)(C)CC2=O)cc1. The lowest BCUT2D eigenvalue weighted by Crippen LogP contribution is -2.44. The van der Waals surface area contributed by atoms with Gasteiger partial charge in [0, 0.05) is 12.0 Å². The highest BCUT2D eigenvalue weighted by molar-refractivity contribution is 6.05. The zero-order valence-corrected chi connectivity index (χ0v) is 15.1. The van der Waals surface area contributed by atoms with Crippen molar-refractivity contribution in [2.24, 2.45) is 5.41 Å². The molecule has 1 unspecified atom stereocenters. The predicted molar refractivity (Wildman–Crippen MR) is 92.4 cm³/mol. The summed E-state index contributed by atoms with van der Waals surface area (Å²) in [5, 5.41) is 11.3. The maximum absolute atomic E-state index is 12.7. The first-order valence-corrected chi connectivity index (χ1v) is 8.31. The van der Waals surface area contributed by atoms with E-state index in [9.17, 15) is 14.7 Å². The van der Waals surface area contributed by atoms with E-state index < -0.39 is 11.6 Å². The van der Waals surface area contributed by atoms with Gasteiger partial charge in [-0.15, -0.1) is 0 Å². The minimum absolute atomic E-state index is 0.122. The number of aliphatic hydroxyl groups is 1. The average Bonchev–Trinajstić information content (AvgIpc) is 2.45. The number of hydrogen-bond donors (Lipinski definition) is 1. The van der Waals surface area contributed by atoms with Crippen LogP contribution in [0.25, 0.3) is 0 Å². The molecule has 0 heterocycles. The van der Waals surface area contributed by atoms with Crippen molar-refractivity contribution in [3.05, 3.63) is 47.0 Å². The second-order valence-electron chi connectivity index (χ2n) is 7.62. The molecule has 1 aliphatic rings. The quantitative estimate of drug-likeness (QED) is 0.859. The number of rotatable bonds is 4. The number of esters is 1. The van der Waals surface area contributed by atoms with Gasteiger partial charge in [0.25, 0.3) is 0 Å². The van der Waals surface area contributed by atoms with E-state index in [0.717, 1.165) is 5.56 Å². The second-order valence-corrected chi connectivity index (χ2v) is 7.62. The minimum atomic E-state index is -2.06. The summed E-state index contributed by atoms with van der Waals surface area (Å²) in [5.74, 6) is -1.02. The van der Waals surface area contributed by atoms with Crippen molar-refractivity contribution in [1.29, 1.82) is 0 Å². The summed E-state index contributed by atoms with van der Waals surface area (Å²) >= 11 is 0. The van der Waals surface area contributed by atoms with E-state index in [1.807, 2.05) is 20.8 Å². The number of ether oxygens (including phenoxy) is 1. The molecule has 2 rings (SSSR count). The van der Waals surface area contributed by atoms with Crippen LogP contribution in [0.5, 0.6) is 0 Å². The summed E-state index contributed by atoms with van der Waals surface area (Å²) in [6, 6.07) is 6.96. The van der Waals surface area contributed by atoms with Crippen LogP contribution in [-0.2, 0) is 19.9 Å². The molecule has 1 aromatic carbocycles. The fourth-order valence-electron chi connectivity index (χ4n) is 2.92. The van der Waals surface area contributed by atoms with Gasteiger partial charge < -0.3 is 9.84 Å². The standard InChI is InChI=1S/C20H26O4/c1-13(2)24-18(22)20(23,15-8-6-14(3)7-9-15)16-10-11-19(4,5)12-17(16)21/h6-10,13,23H,11-12H2,1-5H3. The highest BCUT2D eigenvalue weighted by Gasteiger charge is 2.48. The van der Waals surface area contributed by atoms with Gasteiger partial charge in [0.15, 0.2) is 5.78 Å². The molecule has 0 saturated heterocycles. The van der Waals surface area contributed by atoms with Crippen molar-refractivity contribution in [3.63, 3.8) is 0 Å². The van der Waals surface area contributed by atoms with Crippen molar-refractivity contribution < 1.29 is 19.4 Å². The van der Waals surface area contributed by atoms with Gasteiger partial charge in [-0.1, -0.05) is 49.8 Å². The molecule has 24 heavy (non-hydrogen) atoms. The third kappa shape index (κ3) is 3.59. The van der Waals surface area contributed by atoms with E-state index >= 15 is 0 Å². The summed E-state index contributed by atoms with van der Waals surface area (Å²) in [6.07, 6.45) is 2.22. The Labute approximate surface area is 143 Å². The smallest absolute Gasteiger partial charge is 0.348 e. The highest BCUT2D eigenvalue weighted by Crippen LogP contribution is 2.40. The molecule has 0 aliphatic heterocycles. The lowest BCUT2D eigenvalue weighted by atomic mass is 9.72. The second kappa shape index (κ2) is 6.52. The number of allylic oxidation sites excluding steroid dienone is 1. The normalized spacial score (nSPS) is 19.6. The van der Waals surface area contributed by atoms with Crippen LogP contribution in [0, 0.1) is 12.3 Å². The fourth-order valence-corrected chi connectivity index (χ4v) is 2.92. The Balaban J connectivity index is 2.55. The number of carbonyl (C=O) groups excluding carboxylic acids is 2. The Hall–Kier alpha value is -1.94. The van der Waals surface area contributed by atoms with Crippen LogP contribution >= 0.6 is 0 Å². The van der Waals surface area contributed by atoms with Crippen molar-refractivity contribution in [1.82, 2.24) is 0 Å². The zero-order chi connectivity index (χ0) is 18.1. The number of ketones is 1. The number of carbonyl (C=O) groups is 2. The molecule has 1 N–H and O–H groups in total. The summed E-state index contributed by atoms with van der Waals surface area (Å²) in [5.41, 5.74) is -0.750. The third-order valence-corrected chi connectivity index (χ3v) is 4.30. The molecule has 1 aliphatic carbocycles.